The van der Waals surface area contributed by atoms with Crippen LogP contribution >= 0.6 is 0 Å². The smallest absolute Gasteiger partial charge is 0.134 e. The molecule has 0 spiro atoms. The first-order chi connectivity index (χ1) is 9.15. The van der Waals surface area contributed by atoms with Crippen molar-refractivity contribution >= 4 is 11.0 Å². The molecule has 0 radical (unpaired) electrons. The fourth-order valence-corrected chi connectivity index (χ4v) is 2.30. The summed E-state index contributed by atoms with van der Waals surface area (Å²) in [6, 6.07) is 7.87. The predicted octanol–water partition coefficient (Wildman–Crippen LogP) is 3.72. The number of fused-ring (bicyclic) bond motifs is 1. The Morgan fingerprint density at radius 2 is 2.16 bits per heavy atom. The molecule has 4 heteroatoms. The van der Waals surface area contributed by atoms with E-state index < -0.39 is 0 Å². The highest BCUT2D eigenvalue weighted by Crippen LogP contribution is 2.30. The molecule has 3 rings (SSSR count). The van der Waals surface area contributed by atoms with Gasteiger partial charge in [0.2, 0.25) is 0 Å². The van der Waals surface area contributed by atoms with Crippen LogP contribution in [0.15, 0.2) is 45.4 Å². The molecule has 0 aliphatic rings. The van der Waals surface area contributed by atoms with Crippen molar-refractivity contribution in [3.8, 4) is 0 Å². The van der Waals surface area contributed by atoms with Crippen molar-refractivity contribution in [3.63, 3.8) is 0 Å². The maximum atomic E-state index is 13.2. The van der Waals surface area contributed by atoms with Crippen molar-refractivity contribution in [2.24, 2.45) is 5.73 Å². The van der Waals surface area contributed by atoms with E-state index in [1.165, 1.54) is 12.1 Å². The van der Waals surface area contributed by atoms with E-state index >= 15 is 0 Å². The van der Waals surface area contributed by atoms with Gasteiger partial charge in [-0.15, -0.1) is 0 Å². The lowest BCUT2D eigenvalue weighted by Gasteiger charge is -2.07. The molecule has 0 aliphatic carbocycles. The maximum absolute atomic E-state index is 13.2. The highest BCUT2D eigenvalue weighted by molar-refractivity contribution is 5.82. The van der Waals surface area contributed by atoms with E-state index in [0.29, 0.717) is 17.8 Å². The number of hydrogen-bond donors (Lipinski definition) is 1. The lowest BCUT2D eigenvalue weighted by molar-refractivity contribution is 0.444. The zero-order valence-electron chi connectivity index (χ0n) is 10.5. The van der Waals surface area contributed by atoms with Gasteiger partial charge in [-0.3, -0.25) is 0 Å². The first kappa shape index (κ1) is 12.0. The first-order valence-corrected chi connectivity index (χ1v) is 6.11. The summed E-state index contributed by atoms with van der Waals surface area (Å²) in [6.07, 6.45) is 2.17. The van der Waals surface area contributed by atoms with Crippen molar-refractivity contribution in [1.29, 1.82) is 0 Å². The Hall–Kier alpha value is -2.07. The van der Waals surface area contributed by atoms with Gasteiger partial charge in [-0.25, -0.2) is 4.39 Å². The third-order valence-corrected chi connectivity index (χ3v) is 3.27. The van der Waals surface area contributed by atoms with Gasteiger partial charge in [0.25, 0.3) is 0 Å². The Balaban J connectivity index is 1.98. The molecule has 3 nitrogen and oxygen atoms in total. The summed E-state index contributed by atoms with van der Waals surface area (Å²) >= 11 is 0. The Labute approximate surface area is 109 Å². The summed E-state index contributed by atoms with van der Waals surface area (Å²) in [5.74, 6) is 1.21. The van der Waals surface area contributed by atoms with Gasteiger partial charge in [-0.1, -0.05) is 0 Å². The van der Waals surface area contributed by atoms with Crippen molar-refractivity contribution in [3.05, 3.63) is 59.5 Å². The number of rotatable bonds is 3. The van der Waals surface area contributed by atoms with Crippen LogP contribution in [-0.2, 0) is 6.42 Å². The van der Waals surface area contributed by atoms with Gasteiger partial charge in [-0.05, 0) is 37.3 Å². The summed E-state index contributed by atoms with van der Waals surface area (Å²) < 4.78 is 24.3. The van der Waals surface area contributed by atoms with E-state index in [9.17, 15) is 4.39 Å². The molecular formula is C15H14FNO2. The lowest BCUT2D eigenvalue weighted by atomic mass is 10.1. The quantitative estimate of drug-likeness (QED) is 0.780. The van der Waals surface area contributed by atoms with Crippen LogP contribution in [0.4, 0.5) is 4.39 Å². The third kappa shape index (κ3) is 2.15. The van der Waals surface area contributed by atoms with E-state index in [0.717, 1.165) is 16.7 Å². The van der Waals surface area contributed by atoms with Crippen molar-refractivity contribution in [1.82, 2.24) is 0 Å². The molecule has 0 saturated carbocycles. The highest BCUT2D eigenvalue weighted by Gasteiger charge is 2.18. The molecule has 2 N–H and O–H groups in total. The molecule has 1 aromatic carbocycles. The van der Waals surface area contributed by atoms with Gasteiger partial charge in [-0.2, -0.15) is 0 Å². The largest absolute Gasteiger partial charge is 0.469 e. The van der Waals surface area contributed by atoms with Gasteiger partial charge >= 0.3 is 0 Å². The standard InChI is InChI=1S/C15H14FNO2/c1-9-12-7-10(16)4-5-14(12)19-15(9)13(17)8-11-3-2-6-18-11/h2-7,13H,8,17H2,1H3. The van der Waals surface area contributed by atoms with E-state index in [-0.39, 0.29) is 11.9 Å². The van der Waals surface area contributed by atoms with Crippen molar-refractivity contribution in [2.45, 2.75) is 19.4 Å². The zero-order chi connectivity index (χ0) is 13.4. The van der Waals surface area contributed by atoms with Gasteiger partial charge in [0, 0.05) is 17.4 Å². The topological polar surface area (TPSA) is 52.3 Å². The fourth-order valence-electron chi connectivity index (χ4n) is 2.30. The molecule has 1 unspecified atom stereocenters. The van der Waals surface area contributed by atoms with Gasteiger partial charge in [0.05, 0.1) is 12.3 Å². The number of halogens is 1. The van der Waals surface area contributed by atoms with Crippen LogP contribution in [0.3, 0.4) is 0 Å². The van der Waals surface area contributed by atoms with Gasteiger partial charge < -0.3 is 14.6 Å². The molecule has 0 amide bonds. The Morgan fingerprint density at radius 3 is 2.89 bits per heavy atom. The molecule has 0 saturated heterocycles. The monoisotopic (exact) mass is 259 g/mol. The van der Waals surface area contributed by atoms with Crippen LogP contribution in [0, 0.1) is 12.7 Å². The molecule has 1 atom stereocenters. The van der Waals surface area contributed by atoms with Crippen LogP contribution in [0.2, 0.25) is 0 Å². The van der Waals surface area contributed by atoms with Crippen LogP contribution < -0.4 is 5.73 Å². The average molecular weight is 259 g/mol. The molecular weight excluding hydrogens is 245 g/mol. The average Bonchev–Trinajstić information content (AvgIpc) is 2.98. The SMILES string of the molecule is Cc1c(C(N)Cc2ccco2)oc2ccc(F)cc12. The van der Waals surface area contributed by atoms with Gasteiger partial charge in [0.15, 0.2) is 0 Å². The Bertz CT molecular complexity index is 700. The second-order valence-corrected chi connectivity index (χ2v) is 4.62. The van der Waals surface area contributed by atoms with Crippen molar-refractivity contribution < 1.29 is 13.2 Å². The van der Waals surface area contributed by atoms with Crippen LogP contribution in [-0.4, -0.2) is 0 Å². The Kier molecular flexibility index (Phi) is 2.87. The third-order valence-electron chi connectivity index (χ3n) is 3.27. The summed E-state index contributed by atoms with van der Waals surface area (Å²) in [5.41, 5.74) is 7.68. The molecule has 0 aliphatic heterocycles. The second kappa shape index (κ2) is 4.55. The molecule has 0 fully saturated rings. The summed E-state index contributed by atoms with van der Waals surface area (Å²) in [7, 11) is 0. The van der Waals surface area contributed by atoms with E-state index in [1.54, 1.807) is 12.3 Å². The normalized spacial score (nSPS) is 13.0. The minimum absolute atomic E-state index is 0.275. The molecule has 19 heavy (non-hydrogen) atoms. The number of benzene rings is 1. The minimum atomic E-state index is -0.304. The summed E-state index contributed by atoms with van der Waals surface area (Å²) in [5, 5.41) is 0.768. The fraction of sp³-hybridized carbons (Fsp3) is 0.200. The van der Waals surface area contributed by atoms with Crippen LogP contribution in [0.25, 0.3) is 11.0 Å². The van der Waals surface area contributed by atoms with Crippen LogP contribution in [0.5, 0.6) is 0 Å². The summed E-state index contributed by atoms with van der Waals surface area (Å²) in [6.45, 7) is 1.89. The lowest BCUT2D eigenvalue weighted by Crippen LogP contribution is -2.13. The molecule has 2 heterocycles. The van der Waals surface area contributed by atoms with Crippen LogP contribution in [0.1, 0.15) is 23.1 Å². The number of aryl methyl sites for hydroxylation is 1. The van der Waals surface area contributed by atoms with E-state index in [4.69, 9.17) is 14.6 Å². The second-order valence-electron chi connectivity index (χ2n) is 4.62. The van der Waals surface area contributed by atoms with E-state index in [2.05, 4.69) is 0 Å². The predicted molar refractivity (Wildman–Crippen MR) is 70.2 cm³/mol. The number of hydrogen-bond acceptors (Lipinski definition) is 3. The number of nitrogens with two attached hydrogens (primary N) is 1. The minimum Gasteiger partial charge on any atom is -0.469 e. The first-order valence-electron chi connectivity index (χ1n) is 6.11. The molecule has 0 bridgehead atoms. The van der Waals surface area contributed by atoms with Crippen molar-refractivity contribution in [2.75, 3.05) is 0 Å². The van der Waals surface area contributed by atoms with Gasteiger partial charge in [0.1, 0.15) is 22.9 Å². The molecule has 3 aromatic rings. The maximum Gasteiger partial charge on any atom is 0.134 e. The molecule has 98 valence electrons. The molecule has 2 aromatic heterocycles. The zero-order valence-corrected chi connectivity index (χ0v) is 10.5. The highest BCUT2D eigenvalue weighted by atomic mass is 19.1. The summed E-state index contributed by atoms with van der Waals surface area (Å²) in [4.78, 5) is 0. The Morgan fingerprint density at radius 1 is 1.32 bits per heavy atom. The number of furan rings is 2. The van der Waals surface area contributed by atoms with E-state index in [1.807, 2.05) is 19.1 Å².